The van der Waals surface area contributed by atoms with Gasteiger partial charge in [-0.3, -0.25) is 4.79 Å². The lowest BCUT2D eigenvalue weighted by atomic mass is 9.87. The lowest BCUT2D eigenvalue weighted by Crippen LogP contribution is -2.23. The highest BCUT2D eigenvalue weighted by Crippen LogP contribution is 2.33. The maximum absolute atomic E-state index is 12.5. The Bertz CT molecular complexity index is 869. The van der Waals surface area contributed by atoms with Crippen LogP contribution in [0.1, 0.15) is 59.1 Å². The van der Waals surface area contributed by atoms with E-state index < -0.39 is 0 Å². The first-order valence-corrected chi connectivity index (χ1v) is 9.73. The normalized spacial score (nSPS) is 15.1. The molecule has 0 bridgehead atoms. The monoisotopic (exact) mass is 368 g/mol. The lowest BCUT2D eigenvalue weighted by Gasteiger charge is -2.19. The zero-order valence-electron chi connectivity index (χ0n) is 14.3. The number of amides is 1. The second-order valence-electron chi connectivity index (χ2n) is 6.49. The Morgan fingerprint density at radius 2 is 2.15 bits per heavy atom. The third-order valence-corrected chi connectivity index (χ3v) is 5.58. The van der Waals surface area contributed by atoms with Crippen molar-refractivity contribution in [1.82, 2.24) is 30.5 Å². The Balaban J connectivity index is 1.38. The molecule has 1 aromatic carbocycles. The van der Waals surface area contributed by atoms with Crippen LogP contribution in [0.2, 0.25) is 0 Å². The van der Waals surface area contributed by atoms with E-state index in [1.807, 2.05) is 12.1 Å². The number of thiazole rings is 1. The highest BCUT2D eigenvalue weighted by molar-refractivity contribution is 7.09. The molecule has 0 aliphatic heterocycles. The molecule has 26 heavy (non-hydrogen) atoms. The highest BCUT2D eigenvalue weighted by Gasteiger charge is 2.18. The number of tetrazole rings is 1. The van der Waals surface area contributed by atoms with E-state index in [-0.39, 0.29) is 5.91 Å². The number of hydrogen-bond donors (Lipinski definition) is 1. The topological polar surface area (TPSA) is 85.6 Å². The molecule has 1 aliphatic carbocycles. The molecule has 1 aliphatic rings. The minimum atomic E-state index is -0.130. The van der Waals surface area contributed by atoms with Crippen molar-refractivity contribution in [3.05, 3.63) is 52.2 Å². The van der Waals surface area contributed by atoms with E-state index in [0.29, 0.717) is 18.0 Å². The van der Waals surface area contributed by atoms with E-state index in [1.54, 1.807) is 23.5 Å². The maximum Gasteiger partial charge on any atom is 0.251 e. The van der Waals surface area contributed by atoms with Crippen molar-refractivity contribution in [2.24, 2.45) is 0 Å². The van der Waals surface area contributed by atoms with Gasteiger partial charge in [0.1, 0.15) is 11.3 Å². The molecular formula is C18H20N6OS. The predicted molar refractivity (Wildman–Crippen MR) is 98.3 cm³/mol. The highest BCUT2D eigenvalue weighted by atomic mass is 32.1. The van der Waals surface area contributed by atoms with Gasteiger partial charge in [-0.25, -0.2) is 9.67 Å². The summed E-state index contributed by atoms with van der Waals surface area (Å²) in [5, 5.41) is 17.1. The molecule has 134 valence electrons. The summed E-state index contributed by atoms with van der Waals surface area (Å²) in [7, 11) is 0. The van der Waals surface area contributed by atoms with Crippen LogP contribution in [-0.2, 0) is 6.54 Å². The first-order chi connectivity index (χ1) is 12.8. The summed E-state index contributed by atoms with van der Waals surface area (Å²) < 4.78 is 1.52. The van der Waals surface area contributed by atoms with Gasteiger partial charge in [-0.15, -0.1) is 16.4 Å². The third kappa shape index (κ3) is 3.80. The average Bonchev–Trinajstić information content (AvgIpc) is 3.39. The number of carbonyl (C=O) groups excluding carboxylic acids is 1. The van der Waals surface area contributed by atoms with Gasteiger partial charge in [-0.2, -0.15) is 0 Å². The first-order valence-electron chi connectivity index (χ1n) is 8.85. The Morgan fingerprint density at radius 1 is 1.27 bits per heavy atom. The van der Waals surface area contributed by atoms with Crippen LogP contribution in [-0.4, -0.2) is 31.1 Å². The Hall–Kier alpha value is -2.61. The average molecular weight is 368 g/mol. The van der Waals surface area contributed by atoms with Gasteiger partial charge in [0.15, 0.2) is 0 Å². The Kier molecular flexibility index (Phi) is 5.01. The fraction of sp³-hybridized carbons (Fsp3) is 0.389. The van der Waals surface area contributed by atoms with Gasteiger partial charge in [-0.05, 0) is 41.5 Å². The number of carbonyl (C=O) groups is 1. The maximum atomic E-state index is 12.5. The molecule has 1 N–H and O–H groups in total. The third-order valence-electron chi connectivity index (χ3n) is 4.72. The van der Waals surface area contributed by atoms with Gasteiger partial charge in [0.2, 0.25) is 0 Å². The zero-order valence-corrected chi connectivity index (χ0v) is 15.2. The molecule has 2 heterocycles. The summed E-state index contributed by atoms with van der Waals surface area (Å²) in [6.45, 7) is 0.450. The molecule has 0 radical (unpaired) electrons. The van der Waals surface area contributed by atoms with Gasteiger partial charge in [0.25, 0.3) is 5.91 Å². The quantitative estimate of drug-likeness (QED) is 0.748. The van der Waals surface area contributed by atoms with Gasteiger partial charge < -0.3 is 5.32 Å². The fourth-order valence-corrected chi connectivity index (χ4v) is 4.13. The Labute approximate surface area is 155 Å². The molecule has 3 aromatic rings. The van der Waals surface area contributed by atoms with Crippen LogP contribution in [0.5, 0.6) is 0 Å². The van der Waals surface area contributed by atoms with Crippen molar-refractivity contribution in [3.8, 4) is 5.69 Å². The van der Waals surface area contributed by atoms with Crippen LogP contribution in [0.25, 0.3) is 5.69 Å². The van der Waals surface area contributed by atoms with Gasteiger partial charge in [0.05, 0.1) is 17.9 Å². The van der Waals surface area contributed by atoms with Crippen molar-refractivity contribution in [1.29, 1.82) is 0 Å². The molecule has 7 nitrogen and oxygen atoms in total. The van der Waals surface area contributed by atoms with Gasteiger partial charge in [-0.1, -0.05) is 25.3 Å². The zero-order chi connectivity index (χ0) is 17.8. The number of nitrogens with zero attached hydrogens (tertiary/aromatic N) is 5. The minimum Gasteiger partial charge on any atom is -0.346 e. The van der Waals surface area contributed by atoms with E-state index >= 15 is 0 Å². The molecule has 0 saturated heterocycles. The number of nitrogens with one attached hydrogen (secondary N) is 1. The molecule has 1 saturated carbocycles. The van der Waals surface area contributed by atoms with Gasteiger partial charge >= 0.3 is 0 Å². The molecule has 0 unspecified atom stereocenters. The standard InChI is InChI=1S/C18H20N6OS/c25-18(14-7-4-8-15(9-14)24-12-20-22-23-24)19-10-17-21-16(11-26-17)13-5-2-1-3-6-13/h4,7-9,11-13H,1-3,5-6,10H2,(H,19,25). The summed E-state index contributed by atoms with van der Waals surface area (Å²) in [5.74, 6) is 0.465. The summed E-state index contributed by atoms with van der Waals surface area (Å²) in [4.78, 5) is 17.2. The largest absolute Gasteiger partial charge is 0.346 e. The van der Waals surface area contributed by atoms with E-state index in [4.69, 9.17) is 4.98 Å². The van der Waals surface area contributed by atoms with E-state index in [0.717, 1.165) is 10.7 Å². The molecule has 4 rings (SSSR count). The molecule has 2 aromatic heterocycles. The van der Waals surface area contributed by atoms with Crippen molar-refractivity contribution in [3.63, 3.8) is 0 Å². The SMILES string of the molecule is O=C(NCc1nc(C2CCCCC2)cs1)c1cccc(-n2cnnn2)c1. The second-order valence-corrected chi connectivity index (χ2v) is 7.43. The van der Waals surface area contributed by atoms with Crippen LogP contribution >= 0.6 is 11.3 Å². The summed E-state index contributed by atoms with van der Waals surface area (Å²) >= 11 is 1.63. The number of rotatable bonds is 5. The first kappa shape index (κ1) is 16.8. The summed E-state index contributed by atoms with van der Waals surface area (Å²) in [6, 6.07) is 7.21. The summed E-state index contributed by atoms with van der Waals surface area (Å²) in [6.07, 6.45) is 7.91. The predicted octanol–water partition coefficient (Wildman–Crippen LogP) is 3.10. The van der Waals surface area contributed by atoms with Crippen LogP contribution in [0, 0.1) is 0 Å². The molecule has 0 atom stereocenters. The minimum absolute atomic E-state index is 0.130. The molecule has 8 heteroatoms. The number of aromatic nitrogens is 5. The lowest BCUT2D eigenvalue weighted by molar-refractivity contribution is 0.0951. The summed E-state index contributed by atoms with van der Waals surface area (Å²) in [5.41, 5.74) is 2.51. The van der Waals surface area contributed by atoms with Gasteiger partial charge in [0, 0.05) is 16.9 Å². The second kappa shape index (κ2) is 7.74. The van der Waals surface area contributed by atoms with E-state index in [1.165, 1.54) is 48.8 Å². The molecular weight excluding hydrogens is 348 g/mol. The smallest absolute Gasteiger partial charge is 0.251 e. The van der Waals surface area contributed by atoms with E-state index in [2.05, 4.69) is 26.2 Å². The number of hydrogen-bond acceptors (Lipinski definition) is 6. The van der Waals surface area contributed by atoms with Crippen molar-refractivity contribution in [2.45, 2.75) is 44.6 Å². The fourth-order valence-electron chi connectivity index (χ4n) is 3.32. The number of benzene rings is 1. The van der Waals surface area contributed by atoms with Crippen LogP contribution < -0.4 is 5.32 Å². The molecule has 1 amide bonds. The molecule has 0 spiro atoms. The van der Waals surface area contributed by atoms with Crippen molar-refractivity contribution >= 4 is 17.2 Å². The molecule has 1 fully saturated rings. The van der Waals surface area contributed by atoms with Crippen molar-refractivity contribution < 1.29 is 4.79 Å². The van der Waals surface area contributed by atoms with Crippen LogP contribution in [0.3, 0.4) is 0 Å². The van der Waals surface area contributed by atoms with E-state index in [9.17, 15) is 4.79 Å². The van der Waals surface area contributed by atoms with Crippen LogP contribution in [0.15, 0.2) is 36.0 Å². The Morgan fingerprint density at radius 3 is 2.96 bits per heavy atom. The van der Waals surface area contributed by atoms with Crippen molar-refractivity contribution in [2.75, 3.05) is 0 Å². The van der Waals surface area contributed by atoms with Crippen LogP contribution in [0.4, 0.5) is 0 Å².